The van der Waals surface area contributed by atoms with Crippen LogP contribution >= 0.6 is 79.8 Å². The molecule has 130 heavy (non-hydrogen) atoms. The van der Waals surface area contributed by atoms with Gasteiger partial charge in [0, 0.05) is 97.6 Å². The molecule has 0 saturated carbocycles. The van der Waals surface area contributed by atoms with E-state index in [0.717, 1.165) is 152 Å². The summed E-state index contributed by atoms with van der Waals surface area (Å²) in [7, 11) is 7.74. The fraction of sp³-hybridized carbons (Fsp3) is 0.274. The second-order valence-electron chi connectivity index (χ2n) is 27.9. The molecular formula is C84H77F17N16O6S7. The lowest BCUT2D eigenvalue weighted by atomic mass is 10.0. The summed E-state index contributed by atoms with van der Waals surface area (Å²) in [5, 5.41) is 42.8. The predicted molar refractivity (Wildman–Crippen MR) is 464 cm³/mol. The number of nitrogens with one attached hydrogen (secondary N) is 4. The Hall–Kier alpha value is -11.7. The molecular weight excluding hydrogens is 1880 g/mol. The van der Waals surface area contributed by atoms with Crippen molar-refractivity contribution in [2.75, 3.05) is 38.2 Å². The summed E-state index contributed by atoms with van der Waals surface area (Å²) in [4.78, 5) is 72.2. The molecule has 0 fully saturated rings. The van der Waals surface area contributed by atoms with Gasteiger partial charge in [-0.25, -0.2) is 8.78 Å². The second kappa shape index (κ2) is 43.8. The van der Waals surface area contributed by atoms with Crippen LogP contribution in [0.1, 0.15) is 118 Å². The number of alkyl halides is 15. The number of rotatable bonds is 25. The number of nitrogens with zero attached hydrogens (tertiary/aromatic N) is 12. The van der Waals surface area contributed by atoms with Gasteiger partial charge in [0.05, 0.1) is 60.9 Å². The van der Waals surface area contributed by atoms with Crippen LogP contribution < -0.4 is 21.3 Å². The smallest absolute Gasteiger partial charge is 0.386 e. The van der Waals surface area contributed by atoms with Crippen LogP contribution in [0.4, 0.5) is 74.6 Å². The molecule has 12 aromatic heterocycles. The predicted octanol–water partition coefficient (Wildman–Crippen LogP) is 20.1. The molecule has 0 radical (unpaired) electrons. The maximum atomic E-state index is 13.1. The van der Waals surface area contributed by atoms with Crippen molar-refractivity contribution in [1.29, 1.82) is 0 Å². The number of hydrogen-bond donors (Lipinski definition) is 5. The molecule has 12 heterocycles. The zero-order valence-corrected chi connectivity index (χ0v) is 75.0. The van der Waals surface area contributed by atoms with Crippen LogP contribution in [-0.2, 0) is 85.5 Å². The Bertz CT molecular complexity index is 6120. The third-order valence-electron chi connectivity index (χ3n) is 18.5. The summed E-state index contributed by atoms with van der Waals surface area (Å²) < 4.78 is 223. The van der Waals surface area contributed by atoms with E-state index in [4.69, 9.17) is 0 Å². The van der Waals surface area contributed by atoms with E-state index in [0.29, 0.717) is 75.5 Å². The first-order valence-electron chi connectivity index (χ1n) is 38.4. The molecule has 0 aliphatic carbocycles. The minimum Gasteiger partial charge on any atom is -0.386 e. The van der Waals surface area contributed by atoms with Gasteiger partial charge in [-0.3, -0.25) is 52.4 Å². The number of halogens is 17. The first kappa shape index (κ1) is 100. The first-order chi connectivity index (χ1) is 61.2. The Labute approximate surface area is 758 Å². The minimum absolute atomic E-state index is 0.0947. The highest BCUT2D eigenvalue weighted by atomic mass is 32.2. The maximum absolute atomic E-state index is 13.1. The Morgan fingerprint density at radius 1 is 0.431 bits per heavy atom. The number of thioether (sulfide) groups is 1. The monoisotopic (exact) mass is 1950 g/mol. The van der Waals surface area contributed by atoms with E-state index in [-0.39, 0.29) is 69.1 Å². The summed E-state index contributed by atoms with van der Waals surface area (Å²) in [6, 6.07) is 39.6. The molecule has 0 aliphatic heterocycles. The largest absolute Gasteiger partial charge is 0.433 e. The van der Waals surface area contributed by atoms with E-state index in [9.17, 15) is 104 Å². The molecule has 2 aromatic carbocycles. The van der Waals surface area contributed by atoms with Crippen molar-refractivity contribution in [3.63, 3.8) is 0 Å². The lowest BCUT2D eigenvalue weighted by molar-refractivity contribution is -0.144. The zero-order valence-electron chi connectivity index (χ0n) is 69.3. The summed E-state index contributed by atoms with van der Waals surface area (Å²) in [6.07, 6.45) is -18.5. The van der Waals surface area contributed by atoms with Crippen molar-refractivity contribution in [2.45, 2.75) is 76.3 Å². The molecule has 22 nitrogen and oxygen atoms in total. The van der Waals surface area contributed by atoms with Crippen LogP contribution in [0.3, 0.4) is 0 Å². The van der Waals surface area contributed by atoms with Gasteiger partial charge in [-0.1, -0.05) is 49.4 Å². The quantitative estimate of drug-likeness (QED) is 0.0264. The van der Waals surface area contributed by atoms with Gasteiger partial charge < -0.3 is 31.3 Å². The van der Waals surface area contributed by atoms with Crippen molar-refractivity contribution in [1.82, 2.24) is 80.1 Å². The number of amides is 5. The lowest BCUT2D eigenvalue weighted by Gasteiger charge is -2.29. The van der Waals surface area contributed by atoms with E-state index < -0.39 is 89.0 Å². The van der Waals surface area contributed by atoms with Gasteiger partial charge in [-0.15, -0.1) is 68.0 Å². The number of aliphatic hydroxyl groups excluding tert-OH is 1. The van der Waals surface area contributed by atoms with Crippen LogP contribution in [0.25, 0.3) is 52.9 Å². The molecule has 0 bridgehead atoms. The van der Waals surface area contributed by atoms with Gasteiger partial charge >= 0.3 is 30.9 Å². The number of aromatic nitrogens is 11. The highest BCUT2D eigenvalue weighted by molar-refractivity contribution is 7.99. The average Bonchev–Trinajstić information content (AvgIpc) is 1.82. The SMILES string of the molecule is CC([C@@H](O)c1ccccc1)N(C)C(=O)c1ccc(-c2cc(C(F)(F)F)n(C)n2)s1.CCSCCNC(=O)c1ccc(-c2cc(C(F)(F)F)n(C)n2)s1.Cn1nc(-c2ccc(C(=O)NCCc3cccnc3)s2)cc1C(F)(F)F.Cn1nc(-c2ccc(C(=O)NCCc3cccs3)s2)cc1C(F)(F)F.Cn1nc(-c2ccc(C(=O)NCc3cc(F)cc(F)c3)s2)cc1C(F)(F)F. The molecule has 14 rings (SSSR count). The number of likely N-dealkylation sites (N-methyl/N-ethyl adjacent to an activating group) is 1. The molecule has 46 heteroatoms. The number of carbonyl (C=O) groups excluding carboxylic acids is 5. The number of pyridine rings is 1. The van der Waals surface area contributed by atoms with Crippen molar-refractivity contribution in [2.24, 2.45) is 35.2 Å². The zero-order chi connectivity index (χ0) is 94.9. The van der Waals surface area contributed by atoms with Crippen molar-refractivity contribution < 1.29 is 104 Å². The molecule has 5 N–H and O–H groups in total. The Kier molecular flexibility index (Phi) is 33.9. The maximum Gasteiger partial charge on any atom is 0.433 e. The van der Waals surface area contributed by atoms with Crippen LogP contribution in [0.2, 0.25) is 0 Å². The van der Waals surface area contributed by atoms with E-state index >= 15 is 0 Å². The van der Waals surface area contributed by atoms with Crippen molar-refractivity contribution in [3.05, 3.63) is 268 Å². The summed E-state index contributed by atoms with van der Waals surface area (Å²) in [5.74, 6) is -1.25. The van der Waals surface area contributed by atoms with Gasteiger partial charge in [-0.05, 0) is 163 Å². The number of hydrogen-bond acceptors (Lipinski definition) is 19. The lowest BCUT2D eigenvalue weighted by Crippen LogP contribution is -2.38. The number of aryl methyl sites for hydroxylation is 5. The van der Waals surface area contributed by atoms with Gasteiger partial charge in [0.25, 0.3) is 29.5 Å². The van der Waals surface area contributed by atoms with E-state index in [1.165, 1.54) is 57.1 Å². The van der Waals surface area contributed by atoms with Crippen molar-refractivity contribution in [3.8, 4) is 52.9 Å². The molecule has 690 valence electrons. The Balaban J connectivity index is 0.000000169. The number of thiophene rings is 6. The first-order valence-corrected chi connectivity index (χ1v) is 44.5. The van der Waals surface area contributed by atoms with Crippen LogP contribution in [0.15, 0.2) is 182 Å². The fourth-order valence-corrected chi connectivity index (χ4v) is 17.7. The van der Waals surface area contributed by atoms with Gasteiger partial charge in [0.15, 0.2) is 0 Å². The summed E-state index contributed by atoms with van der Waals surface area (Å²) >= 11 is 8.73. The van der Waals surface area contributed by atoms with Crippen molar-refractivity contribution >= 4 is 109 Å². The Morgan fingerprint density at radius 2 is 0.785 bits per heavy atom. The molecule has 5 amide bonds. The highest BCUT2D eigenvalue weighted by Crippen LogP contribution is 2.41. The molecule has 2 atom stereocenters. The fourth-order valence-electron chi connectivity index (χ4n) is 12.0. The summed E-state index contributed by atoms with van der Waals surface area (Å²) in [6.45, 7) is 5.20. The molecule has 0 saturated heterocycles. The molecule has 0 spiro atoms. The van der Waals surface area contributed by atoms with E-state index in [2.05, 4.69) is 51.7 Å². The average molecular weight is 1950 g/mol. The van der Waals surface area contributed by atoms with Crippen LogP contribution in [0.5, 0.6) is 0 Å². The minimum atomic E-state index is -4.53. The van der Waals surface area contributed by atoms with E-state index in [1.54, 1.807) is 122 Å². The number of benzene rings is 2. The normalized spacial score (nSPS) is 12.1. The molecule has 1 unspecified atom stereocenters. The van der Waals surface area contributed by atoms with Crippen LogP contribution in [-0.4, -0.2) is 138 Å². The molecule has 14 aromatic rings. The van der Waals surface area contributed by atoms with Gasteiger partial charge in [0.1, 0.15) is 68.6 Å². The summed E-state index contributed by atoms with van der Waals surface area (Å²) in [5.41, 5.74) is -1.41. The third-order valence-corrected chi connectivity index (χ3v) is 25.9. The topological polar surface area (TPSA) is 259 Å². The van der Waals surface area contributed by atoms with Gasteiger partial charge in [0.2, 0.25) is 0 Å². The number of aliphatic hydroxyl groups is 1. The standard InChI is InChI=1S/C20H20F3N3O2S.C17H12F5N3OS.C17H15F3N4OS.C16H14F3N3OS2.C14H16F3N3OS2/c1-12(18(27)13-7-5-4-6-8-13)25(2)19(28)16-10-9-15(29-16)14-11-17(20(21,22)23)26(3)24-14;1-25-15(17(20,21)22)7-12(24-25)13-2-3-14(27-13)16(26)23-8-9-4-10(18)6-11(19)5-9;1-24-15(17(18,19)20)9-12(23-24)13-4-5-14(26-13)16(25)22-8-6-11-3-2-7-21-10-11;1-22-14(16(17,18)19)9-11(21-22)12-4-5-13(25-12)15(23)20-7-6-10-3-2-8-24-10;1-3-22-7-6-18-13(21)11-5-4-10(23-11)9-8-12(14(15,16)17)20(2)19-9/h4-12,18,27H,1-3H3;2-7H,8H2,1H3,(H,23,26);2-5,7,9-10H,6,8H2,1H3,(H,22,25);2-5,8-9H,6-7H2,1H3,(H,20,23);4-5,8H,3,6-7H2,1-2H3,(H,18,21)/t12?,18-;;;;/m1..../s1. The van der Waals surface area contributed by atoms with Crippen LogP contribution in [0, 0.1) is 11.6 Å². The Morgan fingerprint density at radius 3 is 1.12 bits per heavy atom. The number of carbonyl (C=O) groups is 5. The highest BCUT2D eigenvalue weighted by Gasteiger charge is 2.40. The third kappa shape index (κ3) is 27.5. The second-order valence-corrected chi connectivity index (χ2v) is 35.7. The molecule has 0 aliphatic rings. The van der Waals surface area contributed by atoms with E-state index in [1.807, 2.05) is 42.6 Å². The van der Waals surface area contributed by atoms with Gasteiger partial charge in [-0.2, -0.15) is 103 Å².